The van der Waals surface area contributed by atoms with Crippen LogP contribution >= 0.6 is 0 Å². The molecule has 0 bridgehead atoms. The molecule has 4 heteroatoms. The highest BCUT2D eigenvalue weighted by molar-refractivity contribution is 5.80. The third-order valence-electron chi connectivity index (χ3n) is 3.46. The molecule has 110 valence electrons. The molecule has 0 saturated heterocycles. The van der Waals surface area contributed by atoms with Gasteiger partial charge in [0.15, 0.2) is 0 Å². The summed E-state index contributed by atoms with van der Waals surface area (Å²) < 4.78 is 5.32. The van der Waals surface area contributed by atoms with Gasteiger partial charge in [-0.05, 0) is 61.7 Å². The average molecular weight is 286 g/mol. The van der Waals surface area contributed by atoms with Gasteiger partial charge in [0.2, 0.25) is 0 Å². The number of hydrogen-bond donors (Lipinski definition) is 2. The molecule has 0 radical (unpaired) electrons. The number of carbonyl (C=O) groups is 1. The molecular weight excluding hydrogens is 268 g/mol. The lowest BCUT2D eigenvalue weighted by Gasteiger charge is -2.13. The smallest absolute Gasteiger partial charge is 0.318 e. The molecule has 0 aliphatic heterocycles. The lowest BCUT2D eigenvalue weighted by atomic mass is 9.99. The van der Waals surface area contributed by atoms with Crippen molar-refractivity contribution in [3.63, 3.8) is 0 Å². The Balaban J connectivity index is 2.15. The van der Waals surface area contributed by atoms with E-state index in [4.69, 9.17) is 4.74 Å². The van der Waals surface area contributed by atoms with Crippen LogP contribution in [0.4, 0.5) is 0 Å². The molecule has 0 saturated carbocycles. The van der Waals surface area contributed by atoms with Crippen LogP contribution in [0.3, 0.4) is 0 Å². The largest absolute Gasteiger partial charge is 0.508 e. The number of phenolic OH excluding ortho intramolecular Hbond substituents is 2. The zero-order valence-electron chi connectivity index (χ0n) is 12.3. The van der Waals surface area contributed by atoms with Crippen molar-refractivity contribution in [2.75, 3.05) is 0 Å². The van der Waals surface area contributed by atoms with Gasteiger partial charge in [-0.25, -0.2) is 0 Å². The molecule has 2 N–H and O–H groups in total. The van der Waals surface area contributed by atoms with Crippen molar-refractivity contribution in [1.29, 1.82) is 0 Å². The van der Waals surface area contributed by atoms with Gasteiger partial charge >= 0.3 is 5.97 Å². The van der Waals surface area contributed by atoms with Crippen LogP contribution in [-0.4, -0.2) is 16.2 Å². The van der Waals surface area contributed by atoms with E-state index in [1.807, 2.05) is 0 Å². The van der Waals surface area contributed by atoms with Gasteiger partial charge in [0, 0.05) is 0 Å². The number of ether oxygens (including phenoxy) is 1. The highest BCUT2D eigenvalue weighted by Gasteiger charge is 2.18. The van der Waals surface area contributed by atoms with Crippen molar-refractivity contribution in [2.24, 2.45) is 0 Å². The van der Waals surface area contributed by atoms with E-state index in [0.717, 1.165) is 5.56 Å². The quantitative estimate of drug-likeness (QED) is 0.670. The van der Waals surface area contributed by atoms with E-state index in [1.54, 1.807) is 51.1 Å². The molecule has 21 heavy (non-hydrogen) atoms. The predicted molar refractivity (Wildman–Crippen MR) is 79.7 cm³/mol. The summed E-state index contributed by atoms with van der Waals surface area (Å²) in [4.78, 5) is 12.2. The summed E-state index contributed by atoms with van der Waals surface area (Å²) in [6, 6.07) is 9.70. The van der Waals surface area contributed by atoms with Gasteiger partial charge in [0.25, 0.3) is 0 Å². The SMILES string of the molecule is Cc1cc(OC(=O)C(C)c2ccc(O)c(C)c2)ccc1O. The van der Waals surface area contributed by atoms with Crippen molar-refractivity contribution < 1.29 is 19.7 Å². The normalized spacial score (nSPS) is 12.0. The second kappa shape index (κ2) is 5.87. The zero-order valence-corrected chi connectivity index (χ0v) is 12.3. The van der Waals surface area contributed by atoms with Crippen LogP contribution in [0.25, 0.3) is 0 Å². The van der Waals surface area contributed by atoms with Crippen molar-refractivity contribution in [1.82, 2.24) is 0 Å². The van der Waals surface area contributed by atoms with Gasteiger partial charge in [0.05, 0.1) is 5.92 Å². The first kappa shape index (κ1) is 14.9. The molecule has 1 unspecified atom stereocenters. The number of phenols is 2. The summed E-state index contributed by atoms with van der Waals surface area (Å²) in [5.41, 5.74) is 2.15. The van der Waals surface area contributed by atoms with Crippen molar-refractivity contribution in [3.8, 4) is 17.2 Å². The maximum Gasteiger partial charge on any atom is 0.318 e. The lowest BCUT2D eigenvalue weighted by Crippen LogP contribution is -2.16. The van der Waals surface area contributed by atoms with Crippen LogP contribution in [0.2, 0.25) is 0 Å². The number of carbonyl (C=O) groups excluding carboxylic acids is 1. The minimum atomic E-state index is -0.446. The van der Waals surface area contributed by atoms with E-state index < -0.39 is 5.92 Å². The van der Waals surface area contributed by atoms with Crippen molar-refractivity contribution >= 4 is 5.97 Å². The molecule has 0 spiro atoms. The molecule has 0 aliphatic rings. The summed E-state index contributed by atoms with van der Waals surface area (Å²) in [5.74, 6) is -0.0632. The van der Waals surface area contributed by atoms with Crippen LogP contribution in [0.5, 0.6) is 17.2 Å². The third-order valence-corrected chi connectivity index (χ3v) is 3.46. The minimum Gasteiger partial charge on any atom is -0.508 e. The Morgan fingerprint density at radius 3 is 2.14 bits per heavy atom. The summed E-state index contributed by atoms with van der Waals surface area (Å²) in [6.07, 6.45) is 0. The second-order valence-electron chi connectivity index (χ2n) is 5.14. The van der Waals surface area contributed by atoms with Gasteiger partial charge in [-0.15, -0.1) is 0 Å². The number of rotatable bonds is 3. The molecule has 0 fully saturated rings. The Morgan fingerprint density at radius 1 is 1.00 bits per heavy atom. The highest BCUT2D eigenvalue weighted by Crippen LogP contribution is 2.26. The van der Waals surface area contributed by atoms with E-state index in [1.165, 1.54) is 6.07 Å². The fraction of sp³-hybridized carbons (Fsp3) is 0.235. The predicted octanol–water partition coefficient (Wildman–Crippen LogP) is 3.42. The van der Waals surface area contributed by atoms with E-state index >= 15 is 0 Å². The van der Waals surface area contributed by atoms with Crippen LogP contribution in [-0.2, 0) is 4.79 Å². The third kappa shape index (κ3) is 3.34. The fourth-order valence-corrected chi connectivity index (χ4v) is 1.98. The maximum absolute atomic E-state index is 12.2. The Kier molecular flexibility index (Phi) is 4.17. The molecule has 2 aromatic rings. The van der Waals surface area contributed by atoms with E-state index in [-0.39, 0.29) is 17.5 Å². The summed E-state index contributed by atoms with van der Waals surface area (Å²) >= 11 is 0. The van der Waals surface area contributed by atoms with Crippen LogP contribution < -0.4 is 4.74 Å². The molecule has 1 atom stereocenters. The number of esters is 1. The fourth-order valence-electron chi connectivity index (χ4n) is 1.98. The molecule has 0 aromatic heterocycles. The van der Waals surface area contributed by atoms with Gasteiger partial charge < -0.3 is 14.9 Å². The summed E-state index contributed by atoms with van der Waals surface area (Å²) in [6.45, 7) is 5.26. The number of aryl methyl sites for hydroxylation is 2. The van der Waals surface area contributed by atoms with Crippen LogP contribution in [0, 0.1) is 13.8 Å². The molecule has 2 rings (SSSR count). The standard InChI is InChI=1S/C17H18O4/c1-10-8-13(4-6-15(10)18)12(3)17(20)21-14-5-7-16(19)11(2)9-14/h4-9,12,18-19H,1-3H3. The van der Waals surface area contributed by atoms with Crippen molar-refractivity contribution in [2.45, 2.75) is 26.7 Å². The Hall–Kier alpha value is -2.49. The Morgan fingerprint density at radius 2 is 1.57 bits per heavy atom. The van der Waals surface area contributed by atoms with Crippen molar-refractivity contribution in [3.05, 3.63) is 53.1 Å². The molecule has 0 aliphatic carbocycles. The summed E-state index contributed by atoms with van der Waals surface area (Å²) in [5, 5.41) is 19.0. The molecular formula is C17H18O4. The maximum atomic E-state index is 12.2. The molecule has 4 nitrogen and oxygen atoms in total. The first-order chi connectivity index (χ1) is 9.88. The zero-order chi connectivity index (χ0) is 15.6. The summed E-state index contributed by atoms with van der Waals surface area (Å²) in [7, 11) is 0. The number of hydrogen-bond acceptors (Lipinski definition) is 4. The van der Waals surface area contributed by atoms with E-state index in [0.29, 0.717) is 16.9 Å². The average Bonchev–Trinajstić information content (AvgIpc) is 2.45. The Labute approximate surface area is 123 Å². The first-order valence-corrected chi connectivity index (χ1v) is 6.69. The van der Waals surface area contributed by atoms with Gasteiger partial charge in [-0.2, -0.15) is 0 Å². The van der Waals surface area contributed by atoms with E-state index in [9.17, 15) is 15.0 Å². The van der Waals surface area contributed by atoms with Crippen LogP contribution in [0.15, 0.2) is 36.4 Å². The van der Waals surface area contributed by atoms with Gasteiger partial charge in [-0.1, -0.05) is 12.1 Å². The van der Waals surface area contributed by atoms with Crippen LogP contribution in [0.1, 0.15) is 29.5 Å². The lowest BCUT2D eigenvalue weighted by molar-refractivity contribution is -0.135. The first-order valence-electron chi connectivity index (χ1n) is 6.69. The number of benzene rings is 2. The minimum absolute atomic E-state index is 0.164. The van der Waals surface area contributed by atoms with Gasteiger partial charge in [-0.3, -0.25) is 4.79 Å². The Bertz CT molecular complexity index is 676. The highest BCUT2D eigenvalue weighted by atomic mass is 16.5. The number of aromatic hydroxyl groups is 2. The monoisotopic (exact) mass is 286 g/mol. The molecule has 2 aromatic carbocycles. The van der Waals surface area contributed by atoms with E-state index in [2.05, 4.69) is 0 Å². The second-order valence-corrected chi connectivity index (χ2v) is 5.14. The molecule has 0 heterocycles. The van der Waals surface area contributed by atoms with Gasteiger partial charge in [0.1, 0.15) is 17.2 Å². The topological polar surface area (TPSA) is 66.8 Å². The molecule has 0 amide bonds.